The van der Waals surface area contributed by atoms with Gasteiger partial charge in [-0.25, -0.2) is 4.98 Å². The minimum atomic E-state index is -0.826. The van der Waals surface area contributed by atoms with Gasteiger partial charge in [-0.05, 0) is 36.8 Å². The summed E-state index contributed by atoms with van der Waals surface area (Å²) in [6.45, 7) is 3.65. The number of hydrogen-bond acceptors (Lipinski definition) is 5. The number of anilines is 1. The molecule has 7 nitrogen and oxygen atoms in total. The van der Waals surface area contributed by atoms with Gasteiger partial charge in [-0.3, -0.25) is 19.5 Å². The summed E-state index contributed by atoms with van der Waals surface area (Å²) in [6, 6.07) is 10.1. The molecule has 27 heavy (non-hydrogen) atoms. The van der Waals surface area contributed by atoms with Gasteiger partial charge in [-0.1, -0.05) is 19.1 Å². The SMILES string of the molecule is CCC(=O)C1=C(O)C(=O)N(c2nc3ccc(C)cc3[nH]2)C1c1ccccn1. The quantitative estimate of drug-likeness (QED) is 0.743. The molecule has 1 aliphatic heterocycles. The molecule has 1 aromatic carbocycles. The normalized spacial score (nSPS) is 17.2. The third-order valence-electron chi connectivity index (χ3n) is 4.65. The first kappa shape index (κ1) is 17.0. The first-order chi connectivity index (χ1) is 13.0. The van der Waals surface area contributed by atoms with Crippen LogP contribution in [0.15, 0.2) is 53.9 Å². The number of fused-ring (bicyclic) bond motifs is 1. The van der Waals surface area contributed by atoms with Crippen LogP contribution in [0.2, 0.25) is 0 Å². The van der Waals surface area contributed by atoms with Gasteiger partial charge in [0.25, 0.3) is 5.91 Å². The number of carbonyl (C=O) groups is 2. The van der Waals surface area contributed by atoms with E-state index in [2.05, 4.69) is 15.0 Å². The largest absolute Gasteiger partial charge is 0.503 e. The van der Waals surface area contributed by atoms with Crippen molar-refractivity contribution in [2.75, 3.05) is 4.90 Å². The van der Waals surface area contributed by atoms with E-state index in [1.807, 2.05) is 25.1 Å². The van der Waals surface area contributed by atoms with E-state index in [0.717, 1.165) is 11.1 Å². The lowest BCUT2D eigenvalue weighted by Crippen LogP contribution is -2.32. The smallest absolute Gasteiger partial charge is 0.296 e. The summed E-state index contributed by atoms with van der Waals surface area (Å²) in [4.78, 5) is 38.6. The van der Waals surface area contributed by atoms with Crippen molar-refractivity contribution < 1.29 is 14.7 Å². The van der Waals surface area contributed by atoms with Crippen molar-refractivity contribution in [2.45, 2.75) is 26.3 Å². The number of H-pyrrole nitrogens is 1. The first-order valence-corrected chi connectivity index (χ1v) is 8.68. The lowest BCUT2D eigenvalue weighted by atomic mass is 9.99. The molecule has 0 aliphatic carbocycles. The van der Waals surface area contributed by atoms with E-state index in [-0.39, 0.29) is 23.7 Å². The summed E-state index contributed by atoms with van der Waals surface area (Å²) in [5.41, 5.74) is 3.06. The molecule has 0 bridgehead atoms. The zero-order valence-electron chi connectivity index (χ0n) is 14.9. The number of aromatic nitrogens is 3. The van der Waals surface area contributed by atoms with Gasteiger partial charge >= 0.3 is 0 Å². The highest BCUT2D eigenvalue weighted by atomic mass is 16.3. The summed E-state index contributed by atoms with van der Waals surface area (Å²) >= 11 is 0. The number of aryl methyl sites for hydroxylation is 1. The average molecular weight is 362 g/mol. The second kappa shape index (κ2) is 6.35. The molecular formula is C20H18N4O3. The molecule has 0 saturated heterocycles. The van der Waals surface area contributed by atoms with Crippen molar-refractivity contribution in [3.63, 3.8) is 0 Å². The summed E-state index contributed by atoms with van der Waals surface area (Å²) in [5, 5.41) is 10.4. The number of amides is 1. The van der Waals surface area contributed by atoms with Crippen LogP contribution >= 0.6 is 0 Å². The van der Waals surface area contributed by atoms with Crippen molar-refractivity contribution in [3.05, 3.63) is 65.2 Å². The van der Waals surface area contributed by atoms with Crippen LogP contribution in [-0.2, 0) is 9.59 Å². The number of benzene rings is 1. The molecule has 2 aromatic heterocycles. The highest BCUT2D eigenvalue weighted by Gasteiger charge is 2.45. The zero-order chi connectivity index (χ0) is 19.1. The van der Waals surface area contributed by atoms with Gasteiger partial charge in [0.1, 0.15) is 6.04 Å². The summed E-state index contributed by atoms with van der Waals surface area (Å²) < 4.78 is 0. The van der Waals surface area contributed by atoms with Crippen LogP contribution in [0.4, 0.5) is 5.95 Å². The van der Waals surface area contributed by atoms with Crippen LogP contribution in [0, 0.1) is 6.92 Å². The van der Waals surface area contributed by atoms with Crippen molar-refractivity contribution in [2.24, 2.45) is 0 Å². The van der Waals surface area contributed by atoms with E-state index in [9.17, 15) is 14.7 Å². The standard InChI is InChI=1S/C20H18N4O3/c1-3-15(25)16-17(13-6-4-5-9-21-13)24(19(27)18(16)26)20-22-12-8-7-11(2)10-14(12)23-20/h4-10,17,26H,3H2,1-2H3,(H,22,23). The number of aliphatic hydroxyl groups excluding tert-OH is 1. The van der Waals surface area contributed by atoms with Gasteiger partial charge in [0.05, 0.1) is 22.3 Å². The zero-order valence-corrected chi connectivity index (χ0v) is 14.9. The molecule has 0 fully saturated rings. The van der Waals surface area contributed by atoms with Crippen LogP contribution in [0.1, 0.15) is 30.6 Å². The molecule has 0 saturated carbocycles. The average Bonchev–Trinajstić information content (AvgIpc) is 3.20. The molecule has 2 N–H and O–H groups in total. The predicted molar refractivity (Wildman–Crippen MR) is 100 cm³/mol. The number of aromatic amines is 1. The maximum absolute atomic E-state index is 12.8. The maximum atomic E-state index is 12.8. The molecule has 1 amide bonds. The Morgan fingerprint density at radius 1 is 1.30 bits per heavy atom. The Morgan fingerprint density at radius 2 is 2.11 bits per heavy atom. The van der Waals surface area contributed by atoms with E-state index >= 15 is 0 Å². The molecule has 1 aliphatic rings. The topological polar surface area (TPSA) is 99.2 Å². The number of imidazole rings is 1. The highest BCUT2D eigenvalue weighted by Crippen LogP contribution is 2.40. The molecule has 4 rings (SSSR count). The van der Waals surface area contributed by atoms with Crippen molar-refractivity contribution >= 4 is 28.7 Å². The Morgan fingerprint density at radius 3 is 2.81 bits per heavy atom. The molecule has 3 heterocycles. The molecule has 1 unspecified atom stereocenters. The van der Waals surface area contributed by atoms with Gasteiger partial charge < -0.3 is 10.1 Å². The van der Waals surface area contributed by atoms with Crippen LogP contribution in [-0.4, -0.2) is 31.7 Å². The number of ketones is 1. The summed E-state index contributed by atoms with van der Waals surface area (Å²) in [6.07, 6.45) is 1.76. The third kappa shape index (κ3) is 2.68. The third-order valence-corrected chi connectivity index (χ3v) is 4.65. The fourth-order valence-electron chi connectivity index (χ4n) is 3.34. The maximum Gasteiger partial charge on any atom is 0.296 e. The predicted octanol–water partition coefficient (Wildman–Crippen LogP) is 3.15. The van der Waals surface area contributed by atoms with E-state index in [4.69, 9.17) is 0 Å². The number of aliphatic hydroxyl groups is 1. The van der Waals surface area contributed by atoms with E-state index in [1.165, 1.54) is 4.90 Å². The second-order valence-electron chi connectivity index (χ2n) is 6.45. The van der Waals surface area contributed by atoms with Crippen molar-refractivity contribution in [1.29, 1.82) is 0 Å². The fourth-order valence-corrected chi connectivity index (χ4v) is 3.34. The number of hydrogen-bond donors (Lipinski definition) is 2. The monoisotopic (exact) mass is 362 g/mol. The molecule has 3 aromatic rings. The molecule has 7 heteroatoms. The van der Waals surface area contributed by atoms with Gasteiger partial charge in [-0.15, -0.1) is 0 Å². The first-order valence-electron chi connectivity index (χ1n) is 8.68. The van der Waals surface area contributed by atoms with Crippen LogP contribution in [0.25, 0.3) is 11.0 Å². The minimum absolute atomic E-state index is 0.0536. The summed E-state index contributed by atoms with van der Waals surface area (Å²) in [5.74, 6) is -1.25. The second-order valence-corrected chi connectivity index (χ2v) is 6.45. The molecule has 1 atom stereocenters. The molecule has 0 spiro atoms. The van der Waals surface area contributed by atoms with Crippen LogP contribution < -0.4 is 4.90 Å². The van der Waals surface area contributed by atoms with E-state index in [0.29, 0.717) is 11.2 Å². The molecular weight excluding hydrogens is 344 g/mol. The number of nitrogens with zero attached hydrogens (tertiary/aromatic N) is 3. The van der Waals surface area contributed by atoms with E-state index in [1.54, 1.807) is 31.3 Å². The lowest BCUT2D eigenvalue weighted by molar-refractivity contribution is -0.118. The number of rotatable bonds is 4. The van der Waals surface area contributed by atoms with Crippen LogP contribution in [0.3, 0.4) is 0 Å². The van der Waals surface area contributed by atoms with Gasteiger partial charge in [0.15, 0.2) is 11.5 Å². The van der Waals surface area contributed by atoms with Gasteiger partial charge in [0, 0.05) is 12.6 Å². The Kier molecular flexibility index (Phi) is 3.99. The lowest BCUT2D eigenvalue weighted by Gasteiger charge is -2.23. The number of nitrogens with one attached hydrogen (secondary N) is 1. The Balaban J connectivity index is 1.89. The Labute approximate surface area is 155 Å². The van der Waals surface area contributed by atoms with Crippen molar-refractivity contribution in [3.8, 4) is 0 Å². The highest BCUT2D eigenvalue weighted by molar-refractivity contribution is 6.16. The van der Waals surface area contributed by atoms with Gasteiger partial charge in [-0.2, -0.15) is 0 Å². The Hall–Kier alpha value is -3.48. The van der Waals surface area contributed by atoms with E-state index < -0.39 is 17.7 Å². The fraction of sp³-hybridized carbons (Fsp3) is 0.200. The number of Topliss-reactive ketones (excluding diaryl/α,β-unsaturated/α-hetero) is 1. The Bertz CT molecular complexity index is 1090. The molecule has 136 valence electrons. The molecule has 0 radical (unpaired) electrons. The van der Waals surface area contributed by atoms with Crippen LogP contribution in [0.5, 0.6) is 0 Å². The number of pyridine rings is 1. The summed E-state index contributed by atoms with van der Waals surface area (Å²) in [7, 11) is 0. The van der Waals surface area contributed by atoms with Crippen molar-refractivity contribution in [1.82, 2.24) is 15.0 Å². The minimum Gasteiger partial charge on any atom is -0.503 e. The van der Waals surface area contributed by atoms with Gasteiger partial charge in [0.2, 0.25) is 5.95 Å². The number of carbonyl (C=O) groups excluding carboxylic acids is 2.